The van der Waals surface area contributed by atoms with Crippen molar-refractivity contribution in [3.63, 3.8) is 0 Å². The third-order valence-electron chi connectivity index (χ3n) is 3.99. The minimum Gasteiger partial charge on any atom is -0.508 e. The van der Waals surface area contributed by atoms with E-state index in [4.69, 9.17) is 5.73 Å². The largest absolute Gasteiger partial charge is 0.508 e. The molecule has 0 spiro atoms. The molecule has 4 nitrogen and oxygen atoms in total. The summed E-state index contributed by atoms with van der Waals surface area (Å²) in [4.78, 5) is 11.9. The Morgan fingerprint density at radius 1 is 1.30 bits per heavy atom. The number of hydrogen-bond acceptors (Lipinski definition) is 2. The second-order valence-electron chi connectivity index (χ2n) is 5.44. The van der Waals surface area contributed by atoms with Gasteiger partial charge in [0.1, 0.15) is 5.75 Å². The fourth-order valence-electron chi connectivity index (χ4n) is 3.05. The summed E-state index contributed by atoms with van der Waals surface area (Å²) in [5.74, 6) is -0.225. The van der Waals surface area contributed by atoms with Crippen LogP contribution in [0.15, 0.2) is 24.3 Å². The van der Waals surface area contributed by atoms with E-state index in [1.807, 2.05) is 19.9 Å². The highest BCUT2D eigenvalue weighted by Gasteiger charge is 2.31. The van der Waals surface area contributed by atoms with E-state index in [0.29, 0.717) is 11.6 Å². The Bertz CT molecular complexity index is 697. The second kappa shape index (κ2) is 4.40. The van der Waals surface area contributed by atoms with Crippen LogP contribution in [0.3, 0.4) is 0 Å². The van der Waals surface area contributed by atoms with Crippen molar-refractivity contribution in [2.75, 3.05) is 0 Å². The maximum absolute atomic E-state index is 11.9. The molecule has 0 unspecified atom stereocenters. The van der Waals surface area contributed by atoms with Crippen molar-refractivity contribution < 1.29 is 9.90 Å². The molecule has 1 fully saturated rings. The van der Waals surface area contributed by atoms with Gasteiger partial charge in [-0.2, -0.15) is 0 Å². The van der Waals surface area contributed by atoms with Crippen LogP contribution in [-0.2, 0) is 0 Å². The number of nitrogens with two attached hydrogens (primary N) is 1. The lowest BCUT2D eigenvalue weighted by Gasteiger charge is -2.07. The Balaban J connectivity index is 2.28. The van der Waals surface area contributed by atoms with Crippen LogP contribution in [0.5, 0.6) is 5.75 Å². The van der Waals surface area contributed by atoms with E-state index < -0.39 is 5.91 Å². The Labute approximate surface area is 117 Å². The molecule has 104 valence electrons. The average molecular weight is 270 g/mol. The first-order chi connectivity index (χ1) is 9.50. The fourth-order valence-corrected chi connectivity index (χ4v) is 3.05. The summed E-state index contributed by atoms with van der Waals surface area (Å²) in [6.07, 6.45) is 2.29. The maximum Gasteiger partial charge on any atom is 0.251 e. The molecule has 1 saturated carbocycles. The highest BCUT2D eigenvalue weighted by molar-refractivity contribution is 6.02. The molecule has 1 amide bonds. The molecule has 3 N–H and O–H groups in total. The fraction of sp³-hybridized carbons (Fsp3) is 0.312. The number of carbonyl (C=O) groups is 1. The van der Waals surface area contributed by atoms with Crippen LogP contribution in [-0.4, -0.2) is 15.6 Å². The van der Waals surface area contributed by atoms with Crippen molar-refractivity contribution in [1.29, 1.82) is 0 Å². The molecule has 4 heteroatoms. The van der Waals surface area contributed by atoms with Gasteiger partial charge < -0.3 is 15.4 Å². The van der Waals surface area contributed by atoms with Gasteiger partial charge in [-0.15, -0.1) is 0 Å². The number of carbonyl (C=O) groups excluding carboxylic acids is 1. The lowest BCUT2D eigenvalue weighted by Crippen LogP contribution is -2.13. The van der Waals surface area contributed by atoms with Crippen molar-refractivity contribution in [1.82, 2.24) is 4.57 Å². The third-order valence-corrected chi connectivity index (χ3v) is 3.99. The van der Waals surface area contributed by atoms with Crippen molar-refractivity contribution in [2.45, 2.75) is 32.7 Å². The van der Waals surface area contributed by atoms with E-state index in [1.54, 1.807) is 18.2 Å². The second-order valence-corrected chi connectivity index (χ2v) is 5.44. The highest BCUT2D eigenvalue weighted by atomic mass is 16.3. The van der Waals surface area contributed by atoms with Gasteiger partial charge in [-0.3, -0.25) is 4.79 Å². The lowest BCUT2D eigenvalue weighted by molar-refractivity contribution is 0.1000. The predicted molar refractivity (Wildman–Crippen MR) is 77.8 cm³/mol. The molecule has 0 radical (unpaired) electrons. The monoisotopic (exact) mass is 270 g/mol. The van der Waals surface area contributed by atoms with Crippen molar-refractivity contribution >= 4 is 5.91 Å². The summed E-state index contributed by atoms with van der Waals surface area (Å²) in [7, 11) is 0. The van der Waals surface area contributed by atoms with Crippen LogP contribution < -0.4 is 5.73 Å². The zero-order valence-electron chi connectivity index (χ0n) is 11.7. The first-order valence-corrected chi connectivity index (χ1v) is 6.81. The molecule has 20 heavy (non-hydrogen) atoms. The van der Waals surface area contributed by atoms with Gasteiger partial charge in [-0.1, -0.05) is 12.1 Å². The molecule has 1 aliphatic carbocycles. The number of amides is 1. The SMILES string of the molecule is Cc1c(C(N)=O)c(-c2cccc(O)c2)c(C)n1C1CC1. The molecular formula is C16H18N2O2. The molecule has 1 aliphatic rings. The van der Waals surface area contributed by atoms with Crippen molar-refractivity contribution in [3.05, 3.63) is 41.2 Å². The summed E-state index contributed by atoms with van der Waals surface area (Å²) >= 11 is 0. The number of aromatic hydroxyl groups is 1. The van der Waals surface area contributed by atoms with Crippen LogP contribution in [0.25, 0.3) is 11.1 Å². The molecule has 0 saturated heterocycles. The molecule has 1 aromatic carbocycles. The van der Waals surface area contributed by atoms with Crippen LogP contribution >= 0.6 is 0 Å². The molecule has 0 bridgehead atoms. The average Bonchev–Trinajstić information content (AvgIpc) is 3.15. The quantitative estimate of drug-likeness (QED) is 0.900. The van der Waals surface area contributed by atoms with E-state index >= 15 is 0 Å². The summed E-state index contributed by atoms with van der Waals surface area (Å²) in [6.45, 7) is 3.95. The number of phenols is 1. The van der Waals surface area contributed by atoms with Gasteiger partial charge in [0.05, 0.1) is 5.56 Å². The van der Waals surface area contributed by atoms with Crippen LogP contribution in [0.1, 0.15) is 40.6 Å². The Morgan fingerprint density at radius 2 is 2.00 bits per heavy atom. The number of primary amides is 1. The van der Waals surface area contributed by atoms with E-state index in [9.17, 15) is 9.90 Å². The van der Waals surface area contributed by atoms with Crippen LogP contribution in [0, 0.1) is 13.8 Å². The Morgan fingerprint density at radius 3 is 2.55 bits per heavy atom. The van der Waals surface area contributed by atoms with Gasteiger partial charge in [0.15, 0.2) is 0 Å². The molecule has 3 rings (SSSR count). The van der Waals surface area contributed by atoms with Gasteiger partial charge in [0.2, 0.25) is 0 Å². The topological polar surface area (TPSA) is 68.2 Å². The van der Waals surface area contributed by atoms with E-state index in [-0.39, 0.29) is 5.75 Å². The zero-order chi connectivity index (χ0) is 14.4. The van der Waals surface area contributed by atoms with Crippen LogP contribution in [0.4, 0.5) is 0 Å². The molecule has 1 heterocycles. The number of phenolic OH excluding ortho intramolecular Hbond substituents is 1. The number of hydrogen-bond donors (Lipinski definition) is 2. The van der Waals surface area contributed by atoms with E-state index in [1.165, 1.54) is 0 Å². The molecule has 1 aromatic heterocycles. The minimum atomic E-state index is -0.414. The zero-order valence-corrected chi connectivity index (χ0v) is 11.7. The van der Waals surface area contributed by atoms with Crippen molar-refractivity contribution in [2.24, 2.45) is 5.73 Å². The molecular weight excluding hydrogens is 252 g/mol. The number of benzene rings is 1. The van der Waals surface area contributed by atoms with E-state index in [0.717, 1.165) is 35.4 Å². The van der Waals surface area contributed by atoms with Gasteiger partial charge in [-0.05, 0) is 44.4 Å². The standard InChI is InChI=1S/C16H18N2O2/c1-9-14(11-4-3-5-13(19)8-11)15(16(17)20)10(2)18(9)12-6-7-12/h3-5,8,12,19H,6-7H2,1-2H3,(H2,17,20). The van der Waals surface area contributed by atoms with Gasteiger partial charge >= 0.3 is 0 Å². The summed E-state index contributed by atoms with van der Waals surface area (Å²) in [5, 5.41) is 9.67. The summed E-state index contributed by atoms with van der Waals surface area (Å²) in [6, 6.07) is 7.45. The number of rotatable bonds is 3. The van der Waals surface area contributed by atoms with Gasteiger partial charge in [-0.25, -0.2) is 0 Å². The Hall–Kier alpha value is -2.23. The van der Waals surface area contributed by atoms with E-state index in [2.05, 4.69) is 4.57 Å². The smallest absolute Gasteiger partial charge is 0.251 e. The lowest BCUT2D eigenvalue weighted by atomic mass is 10.00. The molecule has 0 aliphatic heterocycles. The maximum atomic E-state index is 11.9. The van der Waals surface area contributed by atoms with Crippen LogP contribution in [0.2, 0.25) is 0 Å². The summed E-state index contributed by atoms with van der Waals surface area (Å²) < 4.78 is 2.21. The van der Waals surface area contributed by atoms with Gasteiger partial charge in [0, 0.05) is 23.0 Å². The summed E-state index contributed by atoms with van der Waals surface area (Å²) in [5.41, 5.74) is 9.80. The predicted octanol–water partition coefficient (Wildman–Crippen LogP) is 2.91. The first-order valence-electron chi connectivity index (χ1n) is 6.81. The molecule has 2 aromatic rings. The van der Waals surface area contributed by atoms with Gasteiger partial charge in [0.25, 0.3) is 5.91 Å². The number of nitrogens with zero attached hydrogens (tertiary/aromatic N) is 1. The third kappa shape index (κ3) is 1.88. The molecule has 0 atom stereocenters. The normalized spacial score (nSPS) is 14.5. The Kier molecular flexibility index (Phi) is 2.82. The first kappa shape index (κ1) is 12.8. The highest BCUT2D eigenvalue weighted by Crippen LogP contribution is 2.42. The minimum absolute atomic E-state index is 0.189. The van der Waals surface area contributed by atoms with Crippen molar-refractivity contribution in [3.8, 4) is 16.9 Å². The number of aromatic nitrogens is 1.